The van der Waals surface area contributed by atoms with Crippen LogP contribution in [0.4, 0.5) is 0 Å². The van der Waals surface area contributed by atoms with Gasteiger partial charge in [0.05, 0.1) is 6.04 Å². The molecule has 128 valence electrons. The van der Waals surface area contributed by atoms with Crippen LogP contribution in [0.5, 0.6) is 5.75 Å². The highest BCUT2D eigenvalue weighted by Crippen LogP contribution is 2.41. The summed E-state index contributed by atoms with van der Waals surface area (Å²) in [7, 11) is 0. The maximum atomic E-state index is 10.9. The van der Waals surface area contributed by atoms with Crippen molar-refractivity contribution in [3.63, 3.8) is 0 Å². The van der Waals surface area contributed by atoms with E-state index in [-0.39, 0.29) is 11.8 Å². The Morgan fingerprint density at radius 3 is 2.52 bits per heavy atom. The lowest BCUT2D eigenvalue weighted by Crippen LogP contribution is -2.27. The van der Waals surface area contributed by atoms with E-state index in [1.165, 1.54) is 0 Å². The quantitative estimate of drug-likeness (QED) is 0.665. The first-order valence-corrected chi connectivity index (χ1v) is 9.16. The topological polar surface area (TPSA) is 36.4 Å². The molecule has 0 aliphatic carbocycles. The molecular formula is C20H18Cl2N2O. The van der Waals surface area contributed by atoms with Gasteiger partial charge < -0.3 is 5.11 Å². The number of rotatable bonds is 3. The largest absolute Gasteiger partial charge is 0.505 e. The number of hydrogen-bond acceptors (Lipinski definition) is 3. The molecule has 0 bridgehead atoms. The number of fused-ring (bicyclic) bond motifs is 1. The Kier molecular flexibility index (Phi) is 4.55. The SMILES string of the molecule is Oc1c(C(c2ccc(Cl)cc2Cl)N2CCCC2)ccc2cccnc12. The number of phenolic OH excluding ortho intramolecular Hbond substituents is 1. The summed E-state index contributed by atoms with van der Waals surface area (Å²) in [4.78, 5) is 6.72. The van der Waals surface area contributed by atoms with Crippen molar-refractivity contribution in [1.29, 1.82) is 0 Å². The molecule has 0 saturated carbocycles. The van der Waals surface area contributed by atoms with Crippen molar-refractivity contribution in [2.45, 2.75) is 18.9 Å². The number of halogens is 2. The summed E-state index contributed by atoms with van der Waals surface area (Å²) in [5.74, 6) is 0.223. The van der Waals surface area contributed by atoms with E-state index in [0.717, 1.165) is 42.4 Å². The first kappa shape index (κ1) is 16.6. The summed E-state index contributed by atoms with van der Waals surface area (Å²) in [6, 6.07) is 13.3. The minimum atomic E-state index is -0.112. The smallest absolute Gasteiger partial charge is 0.146 e. The van der Waals surface area contributed by atoms with Gasteiger partial charge in [0.15, 0.2) is 0 Å². The highest BCUT2D eigenvalue weighted by molar-refractivity contribution is 6.35. The molecule has 4 rings (SSSR count). The van der Waals surface area contributed by atoms with Gasteiger partial charge in [-0.1, -0.05) is 47.5 Å². The minimum Gasteiger partial charge on any atom is -0.505 e. The van der Waals surface area contributed by atoms with Crippen LogP contribution < -0.4 is 0 Å². The Hall–Kier alpha value is -1.81. The molecule has 0 radical (unpaired) electrons. The fraction of sp³-hybridized carbons (Fsp3) is 0.250. The second-order valence-corrected chi connectivity index (χ2v) is 7.23. The van der Waals surface area contributed by atoms with Gasteiger partial charge in [-0.05, 0) is 49.7 Å². The minimum absolute atomic E-state index is 0.112. The van der Waals surface area contributed by atoms with Crippen LogP contribution in [-0.2, 0) is 0 Å². The summed E-state index contributed by atoms with van der Waals surface area (Å²) >= 11 is 12.6. The zero-order chi connectivity index (χ0) is 17.4. The van der Waals surface area contributed by atoms with Crippen molar-refractivity contribution in [3.05, 3.63) is 69.8 Å². The van der Waals surface area contributed by atoms with Crippen molar-refractivity contribution in [1.82, 2.24) is 9.88 Å². The second-order valence-electron chi connectivity index (χ2n) is 6.39. The average molecular weight is 373 g/mol. The number of nitrogens with zero attached hydrogens (tertiary/aromatic N) is 2. The highest BCUT2D eigenvalue weighted by atomic mass is 35.5. The predicted molar refractivity (Wildman–Crippen MR) is 103 cm³/mol. The summed E-state index contributed by atoms with van der Waals surface area (Å²) in [6.45, 7) is 1.95. The van der Waals surface area contributed by atoms with E-state index >= 15 is 0 Å². The maximum absolute atomic E-state index is 10.9. The van der Waals surface area contributed by atoms with Crippen molar-refractivity contribution in [3.8, 4) is 5.75 Å². The van der Waals surface area contributed by atoms with E-state index < -0.39 is 0 Å². The Bertz CT molecular complexity index is 923. The molecule has 1 aromatic heterocycles. The molecule has 1 unspecified atom stereocenters. The number of aromatic nitrogens is 1. The van der Waals surface area contributed by atoms with Crippen LogP contribution in [0.3, 0.4) is 0 Å². The zero-order valence-corrected chi connectivity index (χ0v) is 15.1. The van der Waals surface area contributed by atoms with E-state index in [0.29, 0.717) is 15.6 Å². The summed E-state index contributed by atoms with van der Waals surface area (Å²) < 4.78 is 0. The van der Waals surface area contributed by atoms with Crippen LogP contribution in [0, 0.1) is 0 Å². The van der Waals surface area contributed by atoms with Crippen LogP contribution >= 0.6 is 23.2 Å². The number of benzene rings is 2. The first-order chi connectivity index (χ1) is 12.1. The van der Waals surface area contributed by atoms with E-state index in [1.807, 2.05) is 36.4 Å². The highest BCUT2D eigenvalue weighted by Gasteiger charge is 2.29. The molecule has 3 aromatic rings. The van der Waals surface area contributed by atoms with Gasteiger partial charge in [-0.15, -0.1) is 0 Å². The lowest BCUT2D eigenvalue weighted by atomic mass is 9.95. The van der Waals surface area contributed by atoms with Gasteiger partial charge in [0.25, 0.3) is 0 Å². The van der Waals surface area contributed by atoms with Crippen LogP contribution in [0.15, 0.2) is 48.7 Å². The van der Waals surface area contributed by atoms with Gasteiger partial charge in [-0.2, -0.15) is 0 Å². The lowest BCUT2D eigenvalue weighted by molar-refractivity contribution is 0.276. The van der Waals surface area contributed by atoms with Gasteiger partial charge >= 0.3 is 0 Å². The second kappa shape index (κ2) is 6.83. The molecule has 25 heavy (non-hydrogen) atoms. The molecule has 1 fully saturated rings. The average Bonchev–Trinajstić information content (AvgIpc) is 3.13. The third-order valence-electron chi connectivity index (χ3n) is 4.84. The Balaban J connectivity index is 1.90. The van der Waals surface area contributed by atoms with E-state index in [9.17, 15) is 5.11 Å². The molecule has 2 heterocycles. The molecule has 0 amide bonds. The molecular weight excluding hydrogens is 355 g/mol. The van der Waals surface area contributed by atoms with Gasteiger partial charge in [0.1, 0.15) is 11.3 Å². The maximum Gasteiger partial charge on any atom is 0.146 e. The number of phenols is 1. The Morgan fingerprint density at radius 1 is 1.00 bits per heavy atom. The number of aromatic hydroxyl groups is 1. The molecule has 1 N–H and O–H groups in total. The van der Waals surface area contributed by atoms with Gasteiger partial charge in [-0.25, -0.2) is 0 Å². The molecule has 1 atom stereocenters. The van der Waals surface area contributed by atoms with E-state index in [1.54, 1.807) is 12.3 Å². The molecule has 3 nitrogen and oxygen atoms in total. The number of pyridine rings is 1. The predicted octanol–water partition coefficient (Wildman–Crippen LogP) is 5.43. The van der Waals surface area contributed by atoms with Crippen molar-refractivity contribution in [2.75, 3.05) is 13.1 Å². The summed E-state index contributed by atoms with van der Waals surface area (Å²) in [5, 5.41) is 13.1. The standard InChI is InChI=1S/C20H18Cl2N2O/c21-14-6-8-15(17(22)12-14)19(24-10-1-2-11-24)16-7-5-13-4-3-9-23-18(13)20(16)25/h3-9,12,19,25H,1-2,10-11H2. The van der Waals surface area contributed by atoms with Crippen LogP contribution in [-0.4, -0.2) is 28.1 Å². The number of hydrogen-bond donors (Lipinski definition) is 1. The third-order valence-corrected chi connectivity index (χ3v) is 5.40. The van der Waals surface area contributed by atoms with Crippen LogP contribution in [0.1, 0.15) is 30.0 Å². The summed E-state index contributed by atoms with van der Waals surface area (Å²) in [6.07, 6.45) is 3.99. The van der Waals surface area contributed by atoms with Crippen molar-refractivity contribution >= 4 is 34.1 Å². The zero-order valence-electron chi connectivity index (χ0n) is 13.6. The normalized spacial score (nSPS) is 16.4. The van der Waals surface area contributed by atoms with Crippen LogP contribution in [0.2, 0.25) is 10.0 Å². The number of likely N-dealkylation sites (tertiary alicyclic amines) is 1. The van der Waals surface area contributed by atoms with Crippen molar-refractivity contribution < 1.29 is 5.11 Å². The Labute approximate surface area is 156 Å². The van der Waals surface area contributed by atoms with Crippen molar-refractivity contribution in [2.24, 2.45) is 0 Å². The van der Waals surface area contributed by atoms with Gasteiger partial charge in [0, 0.05) is 27.2 Å². The molecule has 1 aliphatic rings. The molecule has 5 heteroatoms. The van der Waals surface area contributed by atoms with Crippen LogP contribution in [0.25, 0.3) is 10.9 Å². The Morgan fingerprint density at radius 2 is 1.76 bits per heavy atom. The molecule has 2 aromatic carbocycles. The van der Waals surface area contributed by atoms with E-state index in [2.05, 4.69) is 9.88 Å². The fourth-order valence-corrected chi connectivity index (χ4v) is 4.16. The van der Waals surface area contributed by atoms with E-state index in [4.69, 9.17) is 23.2 Å². The fourth-order valence-electron chi connectivity index (χ4n) is 3.65. The molecule has 1 aliphatic heterocycles. The van der Waals surface area contributed by atoms with Gasteiger partial charge in [-0.3, -0.25) is 9.88 Å². The first-order valence-electron chi connectivity index (χ1n) is 8.41. The molecule has 0 spiro atoms. The van der Waals surface area contributed by atoms with Gasteiger partial charge in [0.2, 0.25) is 0 Å². The summed E-state index contributed by atoms with van der Waals surface area (Å²) in [5.41, 5.74) is 2.41. The monoisotopic (exact) mass is 372 g/mol. The molecule has 1 saturated heterocycles. The third kappa shape index (κ3) is 3.08. The lowest BCUT2D eigenvalue weighted by Gasteiger charge is -2.30.